The van der Waals surface area contributed by atoms with Gasteiger partial charge in [0.2, 0.25) is 0 Å². The van der Waals surface area contributed by atoms with Crippen LogP contribution in [0.5, 0.6) is 0 Å². The summed E-state index contributed by atoms with van der Waals surface area (Å²) in [6.45, 7) is 7.27. The van der Waals surface area contributed by atoms with Gasteiger partial charge in [-0.3, -0.25) is 0 Å². The predicted octanol–water partition coefficient (Wildman–Crippen LogP) is 2.89. The van der Waals surface area contributed by atoms with Crippen molar-refractivity contribution in [1.29, 1.82) is 0 Å². The molecule has 1 aliphatic rings. The molecule has 0 bridgehead atoms. The van der Waals surface area contributed by atoms with Crippen molar-refractivity contribution in [2.75, 3.05) is 25.4 Å². The molecular weight excluding hydrogens is 230 g/mol. The summed E-state index contributed by atoms with van der Waals surface area (Å²) in [4.78, 5) is 1.34. The predicted molar refractivity (Wildman–Crippen MR) is 73.9 cm³/mol. The van der Waals surface area contributed by atoms with Crippen molar-refractivity contribution in [3.8, 4) is 0 Å². The Morgan fingerprint density at radius 1 is 1.35 bits per heavy atom. The molecule has 1 aromatic rings. The maximum atomic E-state index is 5.68. The number of benzene rings is 1. The summed E-state index contributed by atoms with van der Waals surface area (Å²) < 4.78 is 5.68. The van der Waals surface area contributed by atoms with Crippen LogP contribution in [0, 0.1) is 0 Å². The van der Waals surface area contributed by atoms with Crippen LogP contribution in [0.3, 0.4) is 0 Å². The quantitative estimate of drug-likeness (QED) is 0.831. The van der Waals surface area contributed by atoms with Crippen LogP contribution in [0.4, 0.5) is 0 Å². The number of hydrogen-bond donors (Lipinski definition) is 1. The first-order chi connectivity index (χ1) is 8.25. The molecule has 0 saturated carbocycles. The minimum absolute atomic E-state index is 0.360. The Morgan fingerprint density at radius 3 is 2.71 bits per heavy atom. The van der Waals surface area contributed by atoms with Crippen LogP contribution in [0.25, 0.3) is 0 Å². The Bertz CT molecular complexity index is 331. The highest BCUT2D eigenvalue weighted by Gasteiger charge is 2.13. The van der Waals surface area contributed by atoms with Gasteiger partial charge in [0.05, 0.1) is 12.7 Å². The number of morpholine rings is 1. The minimum Gasteiger partial charge on any atom is -0.375 e. The fourth-order valence-electron chi connectivity index (χ4n) is 1.86. The van der Waals surface area contributed by atoms with E-state index in [4.69, 9.17) is 4.74 Å². The van der Waals surface area contributed by atoms with Gasteiger partial charge in [-0.25, -0.2) is 0 Å². The lowest BCUT2D eigenvalue weighted by atomic mass is 10.0. The van der Waals surface area contributed by atoms with Gasteiger partial charge in [0, 0.05) is 23.7 Å². The van der Waals surface area contributed by atoms with Crippen molar-refractivity contribution in [2.45, 2.75) is 30.8 Å². The molecule has 1 atom stereocenters. The number of hydrogen-bond acceptors (Lipinski definition) is 3. The summed E-state index contributed by atoms with van der Waals surface area (Å²) in [5, 5.41) is 3.36. The van der Waals surface area contributed by atoms with Crippen LogP contribution in [0.1, 0.15) is 25.3 Å². The van der Waals surface area contributed by atoms with Gasteiger partial charge in [-0.2, -0.15) is 0 Å². The molecule has 0 aliphatic carbocycles. The zero-order valence-corrected chi connectivity index (χ0v) is 11.4. The molecule has 1 aromatic carbocycles. The summed E-state index contributed by atoms with van der Waals surface area (Å²) in [5.41, 5.74) is 1.41. The first-order valence-corrected chi connectivity index (χ1v) is 7.29. The lowest BCUT2D eigenvalue weighted by Crippen LogP contribution is -2.39. The van der Waals surface area contributed by atoms with E-state index in [1.54, 1.807) is 0 Å². The van der Waals surface area contributed by atoms with E-state index in [1.807, 2.05) is 11.8 Å². The molecule has 0 spiro atoms. The first-order valence-electron chi connectivity index (χ1n) is 6.31. The van der Waals surface area contributed by atoms with Gasteiger partial charge in [0.25, 0.3) is 0 Å². The molecule has 1 saturated heterocycles. The Kier molecular flexibility index (Phi) is 4.89. The fourth-order valence-corrected chi connectivity index (χ4v) is 2.79. The second-order valence-electron chi connectivity index (χ2n) is 4.73. The Labute approximate surface area is 108 Å². The van der Waals surface area contributed by atoms with Crippen LogP contribution < -0.4 is 5.32 Å². The van der Waals surface area contributed by atoms with Gasteiger partial charge in [-0.05, 0) is 23.6 Å². The van der Waals surface area contributed by atoms with Crippen molar-refractivity contribution >= 4 is 11.8 Å². The third-order valence-electron chi connectivity index (χ3n) is 2.99. The number of rotatable bonds is 4. The van der Waals surface area contributed by atoms with E-state index < -0.39 is 0 Å². The van der Waals surface area contributed by atoms with Gasteiger partial charge < -0.3 is 10.1 Å². The number of ether oxygens (including phenoxy) is 1. The molecule has 2 rings (SSSR count). The lowest BCUT2D eigenvalue weighted by molar-refractivity contribution is 0.0441. The SMILES string of the molecule is CC(C)c1ccc(SCC2CNCCO2)cc1. The van der Waals surface area contributed by atoms with Crippen LogP contribution in [-0.4, -0.2) is 31.6 Å². The second-order valence-corrected chi connectivity index (χ2v) is 5.83. The van der Waals surface area contributed by atoms with Gasteiger partial charge in [-0.15, -0.1) is 11.8 Å². The Hall–Kier alpha value is -0.510. The highest BCUT2D eigenvalue weighted by Crippen LogP contribution is 2.23. The highest BCUT2D eigenvalue weighted by molar-refractivity contribution is 7.99. The van der Waals surface area contributed by atoms with Gasteiger partial charge >= 0.3 is 0 Å². The second kappa shape index (κ2) is 6.43. The summed E-state index contributed by atoms with van der Waals surface area (Å²) >= 11 is 1.88. The summed E-state index contributed by atoms with van der Waals surface area (Å²) in [6, 6.07) is 8.90. The van der Waals surface area contributed by atoms with Crippen molar-refractivity contribution in [2.24, 2.45) is 0 Å². The molecule has 0 amide bonds. The monoisotopic (exact) mass is 251 g/mol. The lowest BCUT2D eigenvalue weighted by Gasteiger charge is -2.23. The summed E-state index contributed by atoms with van der Waals surface area (Å²) in [5.74, 6) is 1.65. The van der Waals surface area contributed by atoms with Crippen molar-refractivity contribution in [3.63, 3.8) is 0 Å². The van der Waals surface area contributed by atoms with E-state index in [2.05, 4.69) is 43.4 Å². The third-order valence-corrected chi connectivity index (χ3v) is 4.13. The largest absolute Gasteiger partial charge is 0.375 e. The summed E-state index contributed by atoms with van der Waals surface area (Å²) in [7, 11) is 0. The standard InChI is InChI=1S/C14H21NOS/c1-11(2)12-3-5-14(6-4-12)17-10-13-9-15-7-8-16-13/h3-6,11,13,15H,7-10H2,1-2H3. The molecule has 0 aromatic heterocycles. The zero-order chi connectivity index (χ0) is 12.1. The average molecular weight is 251 g/mol. The van der Waals surface area contributed by atoms with E-state index in [0.29, 0.717) is 12.0 Å². The normalized spacial score (nSPS) is 20.8. The molecule has 1 aliphatic heterocycles. The molecule has 0 radical (unpaired) electrons. The smallest absolute Gasteiger partial charge is 0.0793 e. The van der Waals surface area contributed by atoms with Gasteiger partial charge in [-0.1, -0.05) is 26.0 Å². The van der Waals surface area contributed by atoms with E-state index >= 15 is 0 Å². The maximum absolute atomic E-state index is 5.68. The van der Waals surface area contributed by atoms with Crippen molar-refractivity contribution < 1.29 is 4.74 Å². The molecule has 3 heteroatoms. The van der Waals surface area contributed by atoms with Crippen LogP contribution >= 0.6 is 11.8 Å². The van der Waals surface area contributed by atoms with E-state index in [-0.39, 0.29) is 0 Å². The molecule has 1 unspecified atom stereocenters. The summed E-state index contributed by atoms with van der Waals surface area (Å²) in [6.07, 6.45) is 0.360. The maximum Gasteiger partial charge on any atom is 0.0793 e. The van der Waals surface area contributed by atoms with Gasteiger partial charge in [0.15, 0.2) is 0 Å². The Morgan fingerprint density at radius 2 is 2.12 bits per heavy atom. The molecular formula is C14H21NOS. The molecule has 17 heavy (non-hydrogen) atoms. The van der Waals surface area contributed by atoms with Crippen molar-refractivity contribution in [3.05, 3.63) is 29.8 Å². The highest BCUT2D eigenvalue weighted by atomic mass is 32.2. The topological polar surface area (TPSA) is 21.3 Å². The van der Waals surface area contributed by atoms with E-state index in [9.17, 15) is 0 Å². The van der Waals surface area contributed by atoms with E-state index in [0.717, 1.165) is 25.4 Å². The van der Waals surface area contributed by atoms with Crippen molar-refractivity contribution in [1.82, 2.24) is 5.32 Å². The first kappa shape index (κ1) is 12.9. The number of nitrogens with one attached hydrogen (secondary N) is 1. The third kappa shape index (κ3) is 4.02. The Balaban J connectivity index is 1.82. The molecule has 94 valence electrons. The minimum atomic E-state index is 0.360. The molecule has 1 fully saturated rings. The fraction of sp³-hybridized carbons (Fsp3) is 0.571. The van der Waals surface area contributed by atoms with E-state index in [1.165, 1.54) is 10.5 Å². The zero-order valence-electron chi connectivity index (χ0n) is 10.6. The number of thioether (sulfide) groups is 1. The van der Waals surface area contributed by atoms with Crippen LogP contribution in [-0.2, 0) is 4.74 Å². The van der Waals surface area contributed by atoms with Crippen LogP contribution in [0.2, 0.25) is 0 Å². The molecule has 2 nitrogen and oxygen atoms in total. The van der Waals surface area contributed by atoms with Gasteiger partial charge in [0.1, 0.15) is 0 Å². The average Bonchev–Trinajstić information content (AvgIpc) is 2.38. The van der Waals surface area contributed by atoms with Crippen LogP contribution in [0.15, 0.2) is 29.2 Å². The molecule has 1 heterocycles. The molecule has 1 N–H and O–H groups in total.